The highest BCUT2D eigenvalue weighted by Crippen LogP contribution is 2.23. The van der Waals surface area contributed by atoms with Gasteiger partial charge >= 0.3 is 0 Å². The molecule has 18 heavy (non-hydrogen) atoms. The van der Waals surface area contributed by atoms with Crippen molar-refractivity contribution in [1.82, 2.24) is 14.6 Å². The Bertz CT molecular complexity index is 523. The van der Waals surface area contributed by atoms with Crippen LogP contribution in [-0.4, -0.2) is 31.9 Å². The lowest BCUT2D eigenvalue weighted by atomic mass is 9.94. The molecule has 0 aliphatic heterocycles. The number of aromatic nitrogens is 3. The van der Waals surface area contributed by atoms with Crippen LogP contribution in [0, 0.1) is 6.92 Å². The maximum absolute atomic E-state index is 9.60. The zero-order valence-corrected chi connectivity index (χ0v) is 11.1. The number of fused-ring (bicyclic) bond motifs is 1. The van der Waals surface area contributed by atoms with Gasteiger partial charge < -0.3 is 10.4 Å². The van der Waals surface area contributed by atoms with Gasteiger partial charge in [-0.05, 0) is 25.8 Å². The Morgan fingerprint density at radius 2 is 2.11 bits per heavy atom. The molecule has 98 valence electrons. The summed E-state index contributed by atoms with van der Waals surface area (Å²) < 4.78 is 1.80. The average Bonchev–Trinajstić information content (AvgIpc) is 2.77. The summed E-state index contributed by atoms with van der Waals surface area (Å²) in [6.07, 6.45) is 5.23. The fourth-order valence-electron chi connectivity index (χ4n) is 2.08. The van der Waals surface area contributed by atoms with E-state index >= 15 is 0 Å². The number of aliphatic hydroxyl groups is 1. The zero-order valence-electron chi connectivity index (χ0n) is 11.1. The van der Waals surface area contributed by atoms with E-state index in [0.29, 0.717) is 0 Å². The monoisotopic (exact) mass is 248 g/mol. The van der Waals surface area contributed by atoms with Crippen LogP contribution in [0.4, 0.5) is 5.82 Å². The highest BCUT2D eigenvalue weighted by atomic mass is 16.3. The number of aryl methyl sites for hydroxylation is 1. The van der Waals surface area contributed by atoms with Crippen LogP contribution in [0.3, 0.4) is 0 Å². The summed E-state index contributed by atoms with van der Waals surface area (Å²) in [5.41, 5.74) is 1.58. The van der Waals surface area contributed by atoms with Gasteiger partial charge in [0.05, 0.1) is 17.8 Å². The predicted molar refractivity (Wildman–Crippen MR) is 71.7 cm³/mol. The number of hydrogen-bond acceptors (Lipinski definition) is 4. The summed E-state index contributed by atoms with van der Waals surface area (Å²) in [4.78, 5) is 4.37. The topological polar surface area (TPSA) is 62.5 Å². The fourth-order valence-corrected chi connectivity index (χ4v) is 2.08. The second-order valence-electron chi connectivity index (χ2n) is 4.66. The van der Waals surface area contributed by atoms with Gasteiger partial charge in [-0.1, -0.05) is 13.8 Å². The first-order chi connectivity index (χ1) is 8.64. The number of anilines is 1. The molecule has 0 saturated carbocycles. The summed E-state index contributed by atoms with van der Waals surface area (Å²) in [5, 5.41) is 17.3. The van der Waals surface area contributed by atoms with Crippen molar-refractivity contribution in [3.63, 3.8) is 0 Å². The van der Waals surface area contributed by atoms with E-state index < -0.39 is 0 Å². The fraction of sp³-hybridized carbons (Fsp3) is 0.538. The average molecular weight is 248 g/mol. The minimum absolute atomic E-state index is 0.0931. The Balaban J connectivity index is 2.42. The lowest BCUT2D eigenvalue weighted by Gasteiger charge is -2.31. The van der Waals surface area contributed by atoms with Gasteiger partial charge in [0.2, 0.25) is 0 Å². The molecule has 2 N–H and O–H groups in total. The standard InChI is InChI=1S/C13H20N4O/c1-4-13(5-2,9-18)15-12-11-8-10(3)16-17(11)7-6-14-12/h6-8,18H,4-5,9H2,1-3H3,(H,14,15). The van der Waals surface area contributed by atoms with E-state index in [1.165, 1.54) is 0 Å². The molecule has 0 spiro atoms. The number of nitrogens with one attached hydrogen (secondary N) is 1. The Labute approximate surface area is 107 Å². The van der Waals surface area contributed by atoms with Gasteiger partial charge in [-0.2, -0.15) is 5.10 Å². The predicted octanol–water partition coefficient (Wildman–Crippen LogP) is 2.00. The first-order valence-corrected chi connectivity index (χ1v) is 6.34. The van der Waals surface area contributed by atoms with Crippen molar-refractivity contribution in [3.05, 3.63) is 24.2 Å². The third kappa shape index (κ3) is 2.18. The van der Waals surface area contributed by atoms with Crippen LogP contribution >= 0.6 is 0 Å². The first kappa shape index (κ1) is 12.8. The van der Waals surface area contributed by atoms with Crippen molar-refractivity contribution < 1.29 is 5.11 Å². The normalized spacial score (nSPS) is 12.0. The minimum atomic E-state index is -0.312. The van der Waals surface area contributed by atoms with Crippen LogP contribution in [0.25, 0.3) is 5.52 Å². The molecule has 2 aromatic heterocycles. The molecule has 5 heteroatoms. The molecule has 0 aromatic carbocycles. The van der Waals surface area contributed by atoms with E-state index in [1.807, 2.05) is 19.2 Å². The van der Waals surface area contributed by atoms with Crippen LogP contribution in [0.5, 0.6) is 0 Å². The molecule has 0 unspecified atom stereocenters. The molecule has 5 nitrogen and oxygen atoms in total. The van der Waals surface area contributed by atoms with Gasteiger partial charge in [-0.15, -0.1) is 0 Å². The summed E-state index contributed by atoms with van der Waals surface area (Å²) in [7, 11) is 0. The molecule has 2 aromatic rings. The SMILES string of the molecule is CCC(CC)(CO)Nc1nccn2nc(C)cc12. The molecular weight excluding hydrogens is 228 g/mol. The molecule has 0 aliphatic carbocycles. The van der Waals surface area contributed by atoms with E-state index in [4.69, 9.17) is 0 Å². The van der Waals surface area contributed by atoms with Crippen LogP contribution in [-0.2, 0) is 0 Å². The zero-order chi connectivity index (χ0) is 13.2. The van der Waals surface area contributed by atoms with E-state index in [9.17, 15) is 5.11 Å². The Hall–Kier alpha value is -1.62. The van der Waals surface area contributed by atoms with Crippen LogP contribution in [0.1, 0.15) is 32.4 Å². The largest absolute Gasteiger partial charge is 0.394 e. The quantitative estimate of drug-likeness (QED) is 0.849. The summed E-state index contributed by atoms with van der Waals surface area (Å²) in [6.45, 7) is 6.18. The van der Waals surface area contributed by atoms with Gasteiger partial charge in [-0.3, -0.25) is 0 Å². The Morgan fingerprint density at radius 3 is 2.72 bits per heavy atom. The van der Waals surface area contributed by atoms with E-state index in [2.05, 4.69) is 29.2 Å². The van der Waals surface area contributed by atoms with Crippen molar-refractivity contribution >= 4 is 11.3 Å². The van der Waals surface area contributed by atoms with Crippen molar-refractivity contribution in [2.45, 2.75) is 39.2 Å². The molecule has 0 saturated heterocycles. The first-order valence-electron chi connectivity index (χ1n) is 6.34. The maximum atomic E-state index is 9.60. The minimum Gasteiger partial charge on any atom is -0.394 e. The van der Waals surface area contributed by atoms with Gasteiger partial charge in [0, 0.05) is 12.4 Å². The molecule has 2 rings (SSSR count). The van der Waals surface area contributed by atoms with Gasteiger partial charge in [0.25, 0.3) is 0 Å². The number of hydrogen-bond donors (Lipinski definition) is 2. The molecule has 0 fully saturated rings. The molecular formula is C13H20N4O. The highest BCUT2D eigenvalue weighted by molar-refractivity contribution is 5.68. The third-order valence-electron chi connectivity index (χ3n) is 3.55. The summed E-state index contributed by atoms with van der Waals surface area (Å²) in [5.74, 6) is 0.774. The molecule has 0 bridgehead atoms. The van der Waals surface area contributed by atoms with Gasteiger partial charge in [0.15, 0.2) is 5.82 Å². The van der Waals surface area contributed by atoms with Gasteiger partial charge in [0.1, 0.15) is 5.52 Å². The maximum Gasteiger partial charge on any atom is 0.152 e. The molecule has 0 aliphatic rings. The third-order valence-corrected chi connectivity index (χ3v) is 3.55. The van der Waals surface area contributed by atoms with Crippen molar-refractivity contribution in [1.29, 1.82) is 0 Å². The lowest BCUT2D eigenvalue weighted by Crippen LogP contribution is -2.41. The van der Waals surface area contributed by atoms with Crippen LogP contribution in [0.15, 0.2) is 18.5 Å². The van der Waals surface area contributed by atoms with Crippen LogP contribution in [0.2, 0.25) is 0 Å². The smallest absolute Gasteiger partial charge is 0.152 e. The number of nitrogens with zero attached hydrogens (tertiary/aromatic N) is 3. The summed E-state index contributed by atoms with van der Waals surface area (Å²) in [6, 6.07) is 1.99. The molecule has 2 heterocycles. The second-order valence-corrected chi connectivity index (χ2v) is 4.66. The molecule has 0 amide bonds. The Kier molecular flexibility index (Phi) is 3.52. The van der Waals surface area contributed by atoms with Crippen LogP contribution < -0.4 is 5.32 Å². The summed E-state index contributed by atoms with van der Waals surface area (Å²) >= 11 is 0. The van der Waals surface area contributed by atoms with Gasteiger partial charge in [-0.25, -0.2) is 9.50 Å². The highest BCUT2D eigenvalue weighted by Gasteiger charge is 2.26. The van der Waals surface area contributed by atoms with Crippen molar-refractivity contribution in [2.75, 3.05) is 11.9 Å². The van der Waals surface area contributed by atoms with Crippen molar-refractivity contribution in [3.8, 4) is 0 Å². The Morgan fingerprint density at radius 1 is 1.39 bits per heavy atom. The molecule has 0 atom stereocenters. The van der Waals surface area contributed by atoms with E-state index in [-0.39, 0.29) is 12.1 Å². The van der Waals surface area contributed by atoms with Crippen molar-refractivity contribution in [2.24, 2.45) is 0 Å². The molecule has 0 radical (unpaired) electrons. The second kappa shape index (κ2) is 4.94. The van der Waals surface area contributed by atoms with E-state index in [0.717, 1.165) is 29.9 Å². The lowest BCUT2D eigenvalue weighted by molar-refractivity contribution is 0.202. The van der Waals surface area contributed by atoms with E-state index in [1.54, 1.807) is 10.7 Å². The number of aliphatic hydroxyl groups excluding tert-OH is 1. The number of rotatable bonds is 5.